The molecular weight excluding hydrogens is 222 g/mol. The third-order valence-electron chi connectivity index (χ3n) is 3.01. The molecule has 5 heteroatoms. The van der Waals surface area contributed by atoms with Crippen molar-refractivity contribution in [1.82, 2.24) is 5.32 Å². The van der Waals surface area contributed by atoms with Crippen molar-refractivity contribution in [2.24, 2.45) is 5.92 Å². The molecule has 0 aliphatic carbocycles. The maximum absolute atomic E-state index is 11.2. The molecule has 1 saturated heterocycles. The van der Waals surface area contributed by atoms with Crippen LogP contribution in [0.3, 0.4) is 0 Å². The first-order chi connectivity index (χ1) is 8.08. The van der Waals surface area contributed by atoms with Crippen LogP contribution in [0, 0.1) is 5.92 Å². The fourth-order valence-corrected chi connectivity index (χ4v) is 1.73. The standard InChI is InChI=1S/C12H23NO4/c1-3-5-13-12(2,11(14)15)9-17-8-10-4-6-16-7-10/h10,13H,3-9H2,1-2H3,(H,14,15). The molecule has 2 unspecified atom stereocenters. The summed E-state index contributed by atoms with van der Waals surface area (Å²) in [6, 6.07) is 0. The van der Waals surface area contributed by atoms with Crippen molar-refractivity contribution in [2.45, 2.75) is 32.2 Å². The molecule has 0 amide bonds. The molecule has 0 aromatic heterocycles. The highest BCUT2D eigenvalue weighted by atomic mass is 16.5. The lowest BCUT2D eigenvalue weighted by Crippen LogP contribution is -2.53. The average Bonchev–Trinajstić information content (AvgIpc) is 2.79. The van der Waals surface area contributed by atoms with Gasteiger partial charge in [0.15, 0.2) is 0 Å². The molecule has 0 aromatic rings. The summed E-state index contributed by atoms with van der Waals surface area (Å²) in [5.41, 5.74) is -0.991. The number of carboxylic acids is 1. The van der Waals surface area contributed by atoms with E-state index < -0.39 is 11.5 Å². The maximum Gasteiger partial charge on any atom is 0.326 e. The zero-order valence-corrected chi connectivity index (χ0v) is 10.7. The molecule has 0 aromatic carbocycles. The Labute approximate surface area is 102 Å². The van der Waals surface area contributed by atoms with Gasteiger partial charge in [0.05, 0.1) is 19.8 Å². The third-order valence-corrected chi connectivity index (χ3v) is 3.01. The van der Waals surface area contributed by atoms with Crippen molar-refractivity contribution in [3.05, 3.63) is 0 Å². The normalized spacial score (nSPS) is 23.5. The number of hydrogen-bond donors (Lipinski definition) is 2. The van der Waals surface area contributed by atoms with Crippen LogP contribution in [0.2, 0.25) is 0 Å². The molecule has 2 N–H and O–H groups in total. The number of hydrogen-bond acceptors (Lipinski definition) is 4. The van der Waals surface area contributed by atoms with E-state index in [4.69, 9.17) is 9.47 Å². The summed E-state index contributed by atoms with van der Waals surface area (Å²) >= 11 is 0. The average molecular weight is 245 g/mol. The Morgan fingerprint density at radius 3 is 2.94 bits per heavy atom. The molecule has 0 bridgehead atoms. The van der Waals surface area contributed by atoms with E-state index in [1.807, 2.05) is 6.92 Å². The fourth-order valence-electron chi connectivity index (χ4n) is 1.73. The molecule has 1 rings (SSSR count). The number of ether oxygens (including phenoxy) is 2. The minimum Gasteiger partial charge on any atom is -0.480 e. The lowest BCUT2D eigenvalue weighted by Gasteiger charge is -2.26. The second-order valence-corrected chi connectivity index (χ2v) is 4.81. The third kappa shape index (κ3) is 4.61. The van der Waals surface area contributed by atoms with Gasteiger partial charge in [-0.05, 0) is 26.3 Å². The molecule has 1 aliphatic rings. The van der Waals surface area contributed by atoms with Crippen LogP contribution >= 0.6 is 0 Å². The molecule has 100 valence electrons. The quantitative estimate of drug-likeness (QED) is 0.664. The molecule has 17 heavy (non-hydrogen) atoms. The summed E-state index contributed by atoms with van der Waals surface area (Å²) < 4.78 is 10.8. The number of carbonyl (C=O) groups is 1. The van der Waals surface area contributed by atoms with Crippen molar-refractivity contribution < 1.29 is 19.4 Å². The van der Waals surface area contributed by atoms with E-state index in [0.717, 1.165) is 26.1 Å². The highest BCUT2D eigenvalue weighted by molar-refractivity contribution is 5.78. The maximum atomic E-state index is 11.2. The second-order valence-electron chi connectivity index (χ2n) is 4.81. The predicted molar refractivity (Wildman–Crippen MR) is 64.1 cm³/mol. The van der Waals surface area contributed by atoms with Gasteiger partial charge in [-0.2, -0.15) is 0 Å². The van der Waals surface area contributed by atoms with Crippen LogP contribution in [0.5, 0.6) is 0 Å². The van der Waals surface area contributed by atoms with E-state index in [0.29, 0.717) is 19.1 Å². The van der Waals surface area contributed by atoms with Gasteiger partial charge in [-0.15, -0.1) is 0 Å². The summed E-state index contributed by atoms with van der Waals surface area (Å²) in [4.78, 5) is 11.2. The topological polar surface area (TPSA) is 67.8 Å². The Kier molecular flexibility index (Phi) is 5.88. The molecule has 0 saturated carbocycles. The first-order valence-electron chi connectivity index (χ1n) is 6.22. The summed E-state index contributed by atoms with van der Waals surface area (Å²) in [5, 5.41) is 12.2. The van der Waals surface area contributed by atoms with Crippen molar-refractivity contribution in [1.29, 1.82) is 0 Å². The number of rotatable bonds is 8. The Bertz CT molecular complexity index is 241. The van der Waals surface area contributed by atoms with Crippen LogP contribution in [0.25, 0.3) is 0 Å². The van der Waals surface area contributed by atoms with Gasteiger partial charge in [0.25, 0.3) is 0 Å². The minimum absolute atomic E-state index is 0.193. The fraction of sp³-hybridized carbons (Fsp3) is 0.917. The van der Waals surface area contributed by atoms with Crippen LogP contribution in [0.15, 0.2) is 0 Å². The molecule has 5 nitrogen and oxygen atoms in total. The first kappa shape index (κ1) is 14.4. The van der Waals surface area contributed by atoms with E-state index >= 15 is 0 Å². The molecule has 0 spiro atoms. The van der Waals surface area contributed by atoms with Gasteiger partial charge in [-0.3, -0.25) is 4.79 Å². The van der Waals surface area contributed by atoms with Crippen molar-refractivity contribution in [3.63, 3.8) is 0 Å². The van der Waals surface area contributed by atoms with Gasteiger partial charge in [-0.1, -0.05) is 6.92 Å². The zero-order valence-electron chi connectivity index (χ0n) is 10.7. The van der Waals surface area contributed by atoms with Gasteiger partial charge in [0.2, 0.25) is 0 Å². The van der Waals surface area contributed by atoms with E-state index in [-0.39, 0.29) is 6.61 Å². The monoisotopic (exact) mass is 245 g/mol. The molecule has 1 heterocycles. The minimum atomic E-state index is -0.991. The first-order valence-corrected chi connectivity index (χ1v) is 6.22. The Morgan fingerprint density at radius 1 is 1.65 bits per heavy atom. The Balaban J connectivity index is 2.30. The number of aliphatic carboxylic acids is 1. The Morgan fingerprint density at radius 2 is 2.41 bits per heavy atom. The van der Waals surface area contributed by atoms with E-state index in [1.54, 1.807) is 6.92 Å². The van der Waals surface area contributed by atoms with Gasteiger partial charge in [0.1, 0.15) is 5.54 Å². The zero-order chi connectivity index (χ0) is 12.7. The lowest BCUT2D eigenvalue weighted by molar-refractivity contribution is -0.147. The van der Waals surface area contributed by atoms with Crippen LogP contribution in [0.1, 0.15) is 26.7 Å². The van der Waals surface area contributed by atoms with Gasteiger partial charge < -0.3 is 19.9 Å². The summed E-state index contributed by atoms with van der Waals surface area (Å²) in [5.74, 6) is -0.451. The van der Waals surface area contributed by atoms with Crippen molar-refractivity contribution in [2.75, 3.05) is 33.0 Å². The number of nitrogens with one attached hydrogen (secondary N) is 1. The summed E-state index contributed by atoms with van der Waals surface area (Å²) in [6.07, 6.45) is 1.91. The van der Waals surface area contributed by atoms with Gasteiger partial charge in [-0.25, -0.2) is 0 Å². The molecule has 0 radical (unpaired) electrons. The van der Waals surface area contributed by atoms with Crippen LogP contribution in [-0.4, -0.2) is 49.6 Å². The lowest BCUT2D eigenvalue weighted by atomic mass is 10.0. The number of carboxylic acid groups (broad SMARTS) is 1. The smallest absolute Gasteiger partial charge is 0.326 e. The summed E-state index contributed by atoms with van der Waals surface area (Å²) in [7, 11) is 0. The van der Waals surface area contributed by atoms with Crippen LogP contribution in [0.4, 0.5) is 0 Å². The second kappa shape index (κ2) is 6.93. The van der Waals surface area contributed by atoms with E-state index in [2.05, 4.69) is 5.32 Å². The van der Waals surface area contributed by atoms with E-state index in [9.17, 15) is 9.90 Å². The van der Waals surface area contributed by atoms with E-state index in [1.165, 1.54) is 0 Å². The highest BCUT2D eigenvalue weighted by Crippen LogP contribution is 2.14. The van der Waals surface area contributed by atoms with Crippen LogP contribution < -0.4 is 5.32 Å². The summed E-state index contributed by atoms with van der Waals surface area (Å²) in [6.45, 7) is 6.64. The van der Waals surface area contributed by atoms with Crippen molar-refractivity contribution >= 4 is 5.97 Å². The largest absolute Gasteiger partial charge is 0.480 e. The SMILES string of the molecule is CCCNC(C)(COCC1CCOC1)C(=O)O. The van der Waals surface area contributed by atoms with Crippen molar-refractivity contribution in [3.8, 4) is 0 Å². The van der Waals surface area contributed by atoms with Crippen LogP contribution in [-0.2, 0) is 14.3 Å². The molecule has 1 aliphatic heterocycles. The Hall–Kier alpha value is -0.650. The molecule has 2 atom stereocenters. The molecule has 1 fully saturated rings. The predicted octanol–water partition coefficient (Wildman–Crippen LogP) is 0.882. The van der Waals surface area contributed by atoms with Gasteiger partial charge in [0, 0.05) is 12.5 Å². The highest BCUT2D eigenvalue weighted by Gasteiger charge is 2.33. The molecular formula is C12H23NO4. The van der Waals surface area contributed by atoms with Gasteiger partial charge >= 0.3 is 5.97 Å².